The van der Waals surface area contributed by atoms with Gasteiger partial charge in [-0.05, 0) is 65.0 Å². The Morgan fingerprint density at radius 3 is 2.55 bits per heavy atom. The van der Waals surface area contributed by atoms with Gasteiger partial charge >= 0.3 is 0 Å². The zero-order chi connectivity index (χ0) is 15.4. The molecule has 0 aromatic heterocycles. The Balaban J connectivity index is 2.89. The Hall–Kier alpha value is -0.830. The summed E-state index contributed by atoms with van der Waals surface area (Å²) in [7, 11) is 0. The minimum absolute atomic E-state index is 0.177. The maximum Gasteiger partial charge on any atom is 0.226 e. The molecule has 20 heavy (non-hydrogen) atoms. The maximum atomic E-state index is 12.8. The van der Waals surface area contributed by atoms with E-state index in [-0.39, 0.29) is 16.9 Å². The molecule has 2 N–H and O–H groups in total. The molecule has 0 unspecified atom stereocenters. The number of nitrogens with one attached hydrogen (secondary N) is 2. The minimum atomic E-state index is -0.299. The van der Waals surface area contributed by atoms with Crippen LogP contribution in [0, 0.1) is 17.3 Å². The highest BCUT2D eigenvalue weighted by molar-refractivity contribution is 5.83. The van der Waals surface area contributed by atoms with Crippen LogP contribution in [-0.4, -0.2) is 24.5 Å². The predicted octanol–water partition coefficient (Wildman–Crippen LogP) is 3.12. The molecule has 3 nitrogen and oxygen atoms in total. The second kappa shape index (κ2) is 6.75. The highest BCUT2D eigenvalue weighted by Crippen LogP contribution is 2.44. The summed E-state index contributed by atoms with van der Waals surface area (Å²) >= 11 is 0. The number of allylic oxidation sites excluding steroid dienone is 1. The molecule has 1 fully saturated rings. The van der Waals surface area contributed by atoms with Gasteiger partial charge in [0, 0.05) is 5.54 Å². The highest BCUT2D eigenvalue weighted by Gasteiger charge is 2.45. The summed E-state index contributed by atoms with van der Waals surface area (Å²) < 4.78 is 0. The number of rotatable bonds is 5. The van der Waals surface area contributed by atoms with Gasteiger partial charge in [0.25, 0.3) is 0 Å². The van der Waals surface area contributed by atoms with Crippen LogP contribution in [0.5, 0.6) is 0 Å². The van der Waals surface area contributed by atoms with Crippen molar-refractivity contribution in [1.82, 2.24) is 10.6 Å². The smallest absolute Gasteiger partial charge is 0.226 e. The maximum absolute atomic E-state index is 12.8. The Labute approximate surface area is 124 Å². The molecule has 0 heterocycles. The van der Waals surface area contributed by atoms with E-state index < -0.39 is 0 Å². The van der Waals surface area contributed by atoms with E-state index in [9.17, 15) is 4.79 Å². The van der Waals surface area contributed by atoms with Crippen LogP contribution in [0.3, 0.4) is 0 Å². The van der Waals surface area contributed by atoms with Gasteiger partial charge in [-0.2, -0.15) is 0 Å². The van der Waals surface area contributed by atoms with Gasteiger partial charge in [-0.15, -0.1) is 6.58 Å². The number of carbonyl (C=O) groups is 1. The molecule has 0 saturated heterocycles. The quantitative estimate of drug-likeness (QED) is 0.760. The van der Waals surface area contributed by atoms with Gasteiger partial charge in [-0.3, -0.25) is 4.79 Å². The lowest BCUT2D eigenvalue weighted by molar-refractivity contribution is -0.137. The highest BCUT2D eigenvalue weighted by atomic mass is 16.2. The van der Waals surface area contributed by atoms with Gasteiger partial charge in [0.1, 0.15) is 0 Å². The van der Waals surface area contributed by atoms with Crippen molar-refractivity contribution in [2.75, 3.05) is 13.1 Å². The number of carbonyl (C=O) groups excluding carboxylic acids is 1. The Morgan fingerprint density at radius 1 is 1.40 bits per heavy atom. The summed E-state index contributed by atoms with van der Waals surface area (Å²) in [5.74, 6) is 1.06. The summed E-state index contributed by atoms with van der Waals surface area (Å²) in [6, 6.07) is 0. The van der Waals surface area contributed by atoms with Crippen LogP contribution in [0.4, 0.5) is 0 Å². The number of hydrogen-bond acceptors (Lipinski definition) is 2. The average molecular weight is 280 g/mol. The van der Waals surface area contributed by atoms with Gasteiger partial charge in [0.05, 0.1) is 5.41 Å². The molecule has 1 saturated carbocycles. The first-order valence-corrected chi connectivity index (χ1v) is 7.89. The zero-order valence-corrected chi connectivity index (χ0v) is 13.9. The lowest BCUT2D eigenvalue weighted by Crippen LogP contribution is -2.54. The van der Waals surface area contributed by atoms with Crippen molar-refractivity contribution < 1.29 is 4.79 Å². The van der Waals surface area contributed by atoms with Gasteiger partial charge in [-0.25, -0.2) is 0 Å². The van der Waals surface area contributed by atoms with E-state index in [1.807, 2.05) is 26.8 Å². The third-order valence-corrected chi connectivity index (χ3v) is 4.45. The fourth-order valence-electron chi connectivity index (χ4n) is 3.16. The van der Waals surface area contributed by atoms with Crippen LogP contribution in [0.25, 0.3) is 0 Å². The van der Waals surface area contributed by atoms with Crippen LogP contribution in [0.1, 0.15) is 53.9 Å². The van der Waals surface area contributed by atoms with E-state index in [4.69, 9.17) is 0 Å². The largest absolute Gasteiger partial charge is 0.351 e. The zero-order valence-electron chi connectivity index (χ0n) is 13.9. The molecule has 1 amide bonds. The van der Waals surface area contributed by atoms with Crippen molar-refractivity contribution in [3.8, 4) is 0 Å². The molecule has 0 aromatic carbocycles. The van der Waals surface area contributed by atoms with Crippen molar-refractivity contribution in [3.05, 3.63) is 12.7 Å². The molecule has 0 aromatic rings. The molecular formula is C17H32N2O. The lowest BCUT2D eigenvalue weighted by atomic mass is 9.63. The van der Waals surface area contributed by atoms with Crippen LogP contribution in [0.15, 0.2) is 12.7 Å². The molecule has 3 heteroatoms. The van der Waals surface area contributed by atoms with Crippen LogP contribution >= 0.6 is 0 Å². The van der Waals surface area contributed by atoms with E-state index in [1.165, 1.54) is 0 Å². The third kappa shape index (κ3) is 4.34. The minimum Gasteiger partial charge on any atom is -0.351 e. The van der Waals surface area contributed by atoms with Crippen molar-refractivity contribution >= 4 is 5.91 Å². The fourth-order valence-corrected chi connectivity index (χ4v) is 3.16. The SMILES string of the molecule is C=C[C@@H]1CC[C@@H](CNCC)[C@@](C)(C(=O)NC(C)(C)C)C1. The summed E-state index contributed by atoms with van der Waals surface area (Å²) in [5.41, 5.74) is -0.476. The molecule has 3 atom stereocenters. The second-order valence-electron chi connectivity index (χ2n) is 7.40. The van der Waals surface area contributed by atoms with Crippen LogP contribution < -0.4 is 10.6 Å². The number of amides is 1. The Morgan fingerprint density at radius 2 is 2.05 bits per heavy atom. The van der Waals surface area contributed by atoms with Crippen molar-refractivity contribution in [2.24, 2.45) is 17.3 Å². The van der Waals surface area contributed by atoms with Crippen LogP contribution in [0.2, 0.25) is 0 Å². The fraction of sp³-hybridized carbons (Fsp3) is 0.824. The second-order valence-corrected chi connectivity index (χ2v) is 7.40. The Kier molecular flexibility index (Phi) is 5.81. The van der Waals surface area contributed by atoms with E-state index >= 15 is 0 Å². The van der Waals surface area contributed by atoms with Gasteiger partial charge in [0.2, 0.25) is 5.91 Å². The molecule has 1 rings (SSSR count). The first kappa shape index (κ1) is 17.2. The topological polar surface area (TPSA) is 41.1 Å². The molecule has 0 radical (unpaired) electrons. The first-order chi connectivity index (χ1) is 9.23. The molecule has 0 spiro atoms. The van der Waals surface area contributed by atoms with Gasteiger partial charge in [0.15, 0.2) is 0 Å². The monoisotopic (exact) mass is 280 g/mol. The third-order valence-electron chi connectivity index (χ3n) is 4.45. The van der Waals surface area contributed by atoms with Crippen molar-refractivity contribution in [2.45, 2.75) is 59.4 Å². The predicted molar refractivity (Wildman–Crippen MR) is 85.6 cm³/mol. The molecule has 1 aliphatic rings. The van der Waals surface area contributed by atoms with E-state index in [2.05, 4.69) is 31.1 Å². The van der Waals surface area contributed by atoms with Crippen LogP contribution in [-0.2, 0) is 4.79 Å². The van der Waals surface area contributed by atoms with Gasteiger partial charge in [-0.1, -0.05) is 19.9 Å². The summed E-state index contributed by atoms with van der Waals surface area (Å²) in [4.78, 5) is 12.8. The first-order valence-electron chi connectivity index (χ1n) is 7.89. The van der Waals surface area contributed by atoms with E-state index in [0.717, 1.165) is 32.4 Å². The molecule has 0 aliphatic heterocycles. The molecular weight excluding hydrogens is 248 g/mol. The lowest BCUT2D eigenvalue weighted by Gasteiger charge is -2.44. The summed E-state index contributed by atoms with van der Waals surface area (Å²) in [6.07, 6.45) is 5.18. The molecule has 0 bridgehead atoms. The molecule has 1 aliphatic carbocycles. The summed E-state index contributed by atoms with van der Waals surface area (Å²) in [6.45, 7) is 16.2. The number of hydrogen-bond donors (Lipinski definition) is 2. The average Bonchev–Trinajstić information content (AvgIpc) is 2.35. The summed E-state index contributed by atoms with van der Waals surface area (Å²) in [5, 5.41) is 6.60. The van der Waals surface area contributed by atoms with Crippen molar-refractivity contribution in [3.63, 3.8) is 0 Å². The van der Waals surface area contributed by atoms with Gasteiger partial charge < -0.3 is 10.6 Å². The standard InChI is InChI=1S/C17H32N2O/c1-7-13-9-10-14(12-18-8-2)17(6,11-13)15(20)19-16(3,4)5/h7,13-14,18H,1,8-12H2,2-6H3,(H,19,20)/t13-,14+,17+/m1/s1. The van der Waals surface area contributed by atoms with E-state index in [0.29, 0.717) is 11.8 Å². The molecule has 116 valence electrons. The van der Waals surface area contributed by atoms with Crippen molar-refractivity contribution in [1.29, 1.82) is 0 Å². The normalized spacial score (nSPS) is 30.9. The Bertz CT molecular complexity index is 345. The van der Waals surface area contributed by atoms with E-state index in [1.54, 1.807) is 0 Å².